The number of hydrazine groups is 1. The van der Waals surface area contributed by atoms with Crippen molar-refractivity contribution >= 4 is 0 Å². The highest BCUT2D eigenvalue weighted by molar-refractivity contribution is 5.19. The maximum absolute atomic E-state index is 8.27. The lowest BCUT2D eigenvalue weighted by Crippen LogP contribution is -2.30. The van der Waals surface area contributed by atoms with Crippen LogP contribution in [0.25, 0.3) is 0 Å². The van der Waals surface area contributed by atoms with Gasteiger partial charge in [-0.1, -0.05) is 32.6 Å². The second kappa shape index (κ2) is 15.0. The van der Waals surface area contributed by atoms with Gasteiger partial charge in [0.15, 0.2) is 0 Å². The fourth-order valence-corrected chi connectivity index (χ4v) is 0.644. The van der Waals surface area contributed by atoms with E-state index in [9.17, 15) is 0 Å². The summed E-state index contributed by atoms with van der Waals surface area (Å²) in [6.45, 7) is 10.2. The van der Waals surface area contributed by atoms with E-state index >= 15 is 0 Å². The second-order valence-electron chi connectivity index (χ2n) is 2.31. The highest BCUT2D eigenvalue weighted by Gasteiger charge is 1.86. The van der Waals surface area contributed by atoms with Crippen LogP contribution >= 0.6 is 0 Å². The lowest BCUT2D eigenvalue weighted by molar-refractivity contribution is 0.617. The zero-order valence-corrected chi connectivity index (χ0v) is 9.88. The quantitative estimate of drug-likeness (QED) is 0.400. The number of allylic oxidation sites excluding steroid dienone is 4. The highest BCUT2D eigenvalue weighted by Crippen LogP contribution is 1.88. The van der Waals surface area contributed by atoms with Crippen LogP contribution in [0.1, 0.15) is 27.2 Å². The second-order valence-corrected chi connectivity index (χ2v) is 2.31. The van der Waals surface area contributed by atoms with E-state index in [2.05, 4.69) is 17.4 Å². The molecule has 0 spiro atoms. The molecular formula is C12H21N3. The Morgan fingerprint density at radius 3 is 2.60 bits per heavy atom. The van der Waals surface area contributed by atoms with Crippen LogP contribution in [0.2, 0.25) is 0 Å². The molecule has 0 aliphatic rings. The average Bonchev–Trinajstić information content (AvgIpc) is 2.31. The van der Waals surface area contributed by atoms with Gasteiger partial charge in [-0.25, -0.2) is 5.43 Å². The first-order valence-electron chi connectivity index (χ1n) is 5.16. The van der Waals surface area contributed by atoms with Gasteiger partial charge in [0, 0.05) is 18.7 Å². The van der Waals surface area contributed by atoms with Crippen molar-refractivity contribution in [1.82, 2.24) is 10.9 Å². The summed E-state index contributed by atoms with van der Waals surface area (Å²) in [5, 5.41) is 8.27. The van der Waals surface area contributed by atoms with Crippen molar-refractivity contribution in [1.29, 1.82) is 5.26 Å². The summed E-state index contributed by atoms with van der Waals surface area (Å²) >= 11 is 0. The fourth-order valence-electron chi connectivity index (χ4n) is 0.644. The molecule has 0 radical (unpaired) electrons. The molecule has 0 amide bonds. The SMILES string of the molecule is C=C/C(=C\C=C/C)NNCCC#N.CC. The largest absolute Gasteiger partial charge is 0.321 e. The Morgan fingerprint density at radius 2 is 2.13 bits per heavy atom. The molecule has 0 atom stereocenters. The Morgan fingerprint density at radius 1 is 1.47 bits per heavy atom. The summed E-state index contributed by atoms with van der Waals surface area (Å²) in [5.74, 6) is 0. The molecule has 0 rings (SSSR count). The monoisotopic (exact) mass is 207 g/mol. The zero-order valence-electron chi connectivity index (χ0n) is 9.88. The van der Waals surface area contributed by atoms with Gasteiger partial charge in [0.2, 0.25) is 0 Å². The summed E-state index contributed by atoms with van der Waals surface area (Å²) in [4.78, 5) is 0. The molecule has 0 unspecified atom stereocenters. The molecule has 0 aliphatic carbocycles. The number of nitriles is 1. The topological polar surface area (TPSA) is 47.8 Å². The number of rotatable bonds is 6. The van der Waals surface area contributed by atoms with Crippen molar-refractivity contribution in [2.45, 2.75) is 27.2 Å². The first-order valence-corrected chi connectivity index (χ1v) is 5.16. The molecule has 0 saturated heterocycles. The number of hydrogen-bond acceptors (Lipinski definition) is 3. The minimum Gasteiger partial charge on any atom is -0.321 e. The molecule has 0 saturated carbocycles. The van der Waals surface area contributed by atoms with E-state index in [1.807, 2.05) is 45.1 Å². The zero-order chi connectivity index (χ0) is 11.9. The van der Waals surface area contributed by atoms with E-state index in [-0.39, 0.29) is 0 Å². The van der Waals surface area contributed by atoms with E-state index in [1.54, 1.807) is 6.08 Å². The van der Waals surface area contributed by atoms with Crippen molar-refractivity contribution in [2.24, 2.45) is 0 Å². The van der Waals surface area contributed by atoms with Crippen LogP contribution in [0.15, 0.2) is 36.6 Å². The Labute approximate surface area is 93.2 Å². The van der Waals surface area contributed by atoms with Crippen LogP contribution in [-0.2, 0) is 0 Å². The van der Waals surface area contributed by atoms with Crippen molar-refractivity contribution in [2.75, 3.05) is 6.54 Å². The van der Waals surface area contributed by atoms with Gasteiger partial charge in [0.05, 0.1) is 6.07 Å². The van der Waals surface area contributed by atoms with Gasteiger partial charge < -0.3 is 5.43 Å². The molecule has 0 fully saturated rings. The predicted octanol–water partition coefficient (Wildman–Crippen LogP) is 2.67. The molecular weight excluding hydrogens is 186 g/mol. The molecule has 0 heterocycles. The van der Waals surface area contributed by atoms with Gasteiger partial charge in [0.1, 0.15) is 0 Å². The van der Waals surface area contributed by atoms with Crippen molar-refractivity contribution < 1.29 is 0 Å². The Hall–Kier alpha value is -1.53. The van der Waals surface area contributed by atoms with E-state index in [0.717, 1.165) is 5.70 Å². The van der Waals surface area contributed by atoms with E-state index in [4.69, 9.17) is 5.26 Å². The summed E-state index contributed by atoms with van der Waals surface area (Å²) in [7, 11) is 0. The third-order valence-corrected chi connectivity index (χ3v) is 1.28. The van der Waals surface area contributed by atoms with Gasteiger partial charge >= 0.3 is 0 Å². The molecule has 0 aliphatic heterocycles. The van der Waals surface area contributed by atoms with Crippen molar-refractivity contribution in [3.8, 4) is 6.07 Å². The van der Waals surface area contributed by atoms with Gasteiger partial charge in [-0.05, 0) is 19.1 Å². The summed E-state index contributed by atoms with van der Waals surface area (Å²) in [5.41, 5.74) is 6.72. The smallest absolute Gasteiger partial charge is 0.0635 e. The van der Waals surface area contributed by atoms with Gasteiger partial charge in [0.25, 0.3) is 0 Å². The van der Waals surface area contributed by atoms with Crippen LogP contribution < -0.4 is 10.9 Å². The van der Waals surface area contributed by atoms with Gasteiger partial charge in [-0.2, -0.15) is 5.26 Å². The molecule has 84 valence electrons. The molecule has 0 aromatic rings. The predicted molar refractivity (Wildman–Crippen MR) is 65.8 cm³/mol. The third kappa shape index (κ3) is 12.5. The average molecular weight is 207 g/mol. The van der Waals surface area contributed by atoms with Crippen LogP contribution in [0, 0.1) is 11.3 Å². The van der Waals surface area contributed by atoms with Crippen LogP contribution in [-0.4, -0.2) is 6.54 Å². The van der Waals surface area contributed by atoms with Crippen molar-refractivity contribution in [3.63, 3.8) is 0 Å². The van der Waals surface area contributed by atoms with E-state index < -0.39 is 0 Å². The molecule has 0 aromatic carbocycles. The minimum absolute atomic E-state index is 0.487. The maximum Gasteiger partial charge on any atom is 0.0635 e. The maximum atomic E-state index is 8.27. The summed E-state index contributed by atoms with van der Waals surface area (Å²) in [6.07, 6.45) is 7.93. The summed E-state index contributed by atoms with van der Waals surface area (Å²) in [6, 6.07) is 2.04. The first kappa shape index (κ1) is 15.9. The number of nitrogens with one attached hydrogen (secondary N) is 2. The highest BCUT2D eigenvalue weighted by atomic mass is 15.3. The van der Waals surface area contributed by atoms with E-state index in [0.29, 0.717) is 13.0 Å². The number of nitrogens with zero attached hydrogens (tertiary/aromatic N) is 1. The lowest BCUT2D eigenvalue weighted by Gasteiger charge is -2.05. The Kier molecular flexibility index (Phi) is 15.9. The lowest BCUT2D eigenvalue weighted by atomic mass is 10.4. The minimum atomic E-state index is 0.487. The summed E-state index contributed by atoms with van der Waals surface area (Å²) < 4.78 is 0. The molecule has 15 heavy (non-hydrogen) atoms. The Balaban J connectivity index is 0. The van der Waals surface area contributed by atoms with Crippen LogP contribution in [0.3, 0.4) is 0 Å². The normalized spacial score (nSPS) is 10.1. The number of hydrogen-bond donors (Lipinski definition) is 2. The Bertz CT molecular complexity index is 234. The van der Waals surface area contributed by atoms with Crippen LogP contribution in [0.5, 0.6) is 0 Å². The molecule has 0 bridgehead atoms. The molecule has 2 N–H and O–H groups in total. The first-order chi connectivity index (χ1) is 7.35. The van der Waals surface area contributed by atoms with Crippen LogP contribution in [0.4, 0.5) is 0 Å². The van der Waals surface area contributed by atoms with Gasteiger partial charge in [-0.3, -0.25) is 0 Å². The molecule has 0 aromatic heterocycles. The molecule has 3 heteroatoms. The fraction of sp³-hybridized carbons (Fsp3) is 0.417. The standard InChI is InChI=1S/C10H15N3.C2H6/c1-3-5-7-10(4-2)13-12-9-6-8-11;1-2/h3-5,7,12-13H,2,6,9H2,1H3;1-2H3/b5-3-,10-7+;. The third-order valence-electron chi connectivity index (χ3n) is 1.28. The van der Waals surface area contributed by atoms with E-state index in [1.165, 1.54) is 0 Å². The van der Waals surface area contributed by atoms with Crippen molar-refractivity contribution in [3.05, 3.63) is 36.6 Å². The molecule has 3 nitrogen and oxygen atoms in total. The van der Waals surface area contributed by atoms with Gasteiger partial charge in [-0.15, -0.1) is 0 Å².